The first-order valence-electron chi connectivity index (χ1n) is 8.54. The maximum Gasteiger partial charge on any atom is 0.264 e. The molecule has 0 unspecified atom stereocenters. The average Bonchev–Trinajstić information content (AvgIpc) is 2.81. The molecule has 0 aliphatic carbocycles. The number of halogens is 2. The highest BCUT2D eigenvalue weighted by atomic mass is 35.5. The molecule has 0 spiro atoms. The third-order valence-electron chi connectivity index (χ3n) is 4.42. The first-order chi connectivity index (χ1) is 12.8. The summed E-state index contributed by atoms with van der Waals surface area (Å²) in [5.74, 6) is -0.214. The minimum atomic E-state index is -1.80. The van der Waals surface area contributed by atoms with Gasteiger partial charge in [0.15, 0.2) is 5.60 Å². The third-order valence-corrected chi connectivity index (χ3v) is 4.95. The summed E-state index contributed by atoms with van der Waals surface area (Å²) in [6.45, 7) is 2.04. The van der Waals surface area contributed by atoms with Crippen LogP contribution < -0.4 is 9.64 Å². The minimum absolute atomic E-state index is 0.240. The maximum absolute atomic E-state index is 12.8. The molecule has 0 radical (unpaired) electrons. The van der Waals surface area contributed by atoms with E-state index in [1.807, 2.05) is 0 Å². The van der Waals surface area contributed by atoms with Crippen LogP contribution in [-0.2, 0) is 15.2 Å². The second-order valence-corrected chi connectivity index (χ2v) is 7.33. The van der Waals surface area contributed by atoms with E-state index in [1.54, 1.807) is 42.5 Å². The van der Waals surface area contributed by atoms with Gasteiger partial charge in [-0.2, -0.15) is 0 Å². The first kappa shape index (κ1) is 19.7. The predicted octanol–water partition coefficient (Wildman–Crippen LogP) is 3.98. The zero-order chi connectivity index (χ0) is 19.6. The highest BCUT2D eigenvalue weighted by Gasteiger charge is 2.49. The Bertz CT molecular complexity index is 886. The summed E-state index contributed by atoms with van der Waals surface area (Å²) in [5.41, 5.74) is -0.717. The van der Waals surface area contributed by atoms with Crippen molar-refractivity contribution in [3.63, 3.8) is 0 Å². The van der Waals surface area contributed by atoms with Crippen LogP contribution in [0.25, 0.3) is 0 Å². The first-order valence-corrected chi connectivity index (χ1v) is 9.29. The van der Waals surface area contributed by atoms with Gasteiger partial charge in [0.25, 0.3) is 5.91 Å². The number of benzene rings is 2. The zero-order valence-electron chi connectivity index (χ0n) is 14.7. The Morgan fingerprint density at radius 1 is 1.22 bits per heavy atom. The van der Waals surface area contributed by atoms with Gasteiger partial charge in [-0.1, -0.05) is 41.4 Å². The summed E-state index contributed by atoms with van der Waals surface area (Å²) in [7, 11) is 0. The average molecular weight is 408 g/mol. The molecule has 7 heteroatoms. The van der Waals surface area contributed by atoms with Gasteiger partial charge in [-0.25, -0.2) is 0 Å². The highest BCUT2D eigenvalue weighted by Crippen LogP contribution is 2.42. The number of fused-ring (bicyclic) bond motifs is 1. The molecule has 142 valence electrons. The number of Topliss-reactive ketones (excluding diaryl/α,β-unsaturated/α-hetero) is 1. The van der Waals surface area contributed by atoms with Crippen LogP contribution in [0.15, 0.2) is 42.5 Å². The molecular formula is C20H19Cl2NO4. The van der Waals surface area contributed by atoms with Gasteiger partial charge in [-0.3, -0.25) is 9.59 Å². The summed E-state index contributed by atoms with van der Waals surface area (Å²) in [5, 5.41) is 11.8. The van der Waals surface area contributed by atoms with Crippen LogP contribution in [0.1, 0.15) is 25.3 Å². The van der Waals surface area contributed by atoms with Gasteiger partial charge in [0.2, 0.25) is 0 Å². The number of anilines is 1. The molecule has 0 bridgehead atoms. The predicted molar refractivity (Wildman–Crippen MR) is 105 cm³/mol. The van der Waals surface area contributed by atoms with Gasteiger partial charge in [0, 0.05) is 23.6 Å². The normalized spacial score (nSPS) is 18.5. The molecule has 1 atom stereocenters. The molecule has 1 aliphatic rings. The van der Waals surface area contributed by atoms with E-state index in [0.29, 0.717) is 46.6 Å². The topological polar surface area (TPSA) is 66.8 Å². The van der Waals surface area contributed by atoms with E-state index in [2.05, 4.69) is 0 Å². The van der Waals surface area contributed by atoms with E-state index in [0.717, 1.165) is 0 Å². The Labute approximate surface area is 167 Å². The number of hydrogen-bond donors (Lipinski definition) is 1. The summed E-state index contributed by atoms with van der Waals surface area (Å²) in [6.07, 6.45) is 0.283. The van der Waals surface area contributed by atoms with Crippen LogP contribution in [0.3, 0.4) is 0 Å². The molecule has 0 saturated carbocycles. The zero-order valence-corrected chi connectivity index (χ0v) is 16.3. The molecule has 5 nitrogen and oxygen atoms in total. The number of carbonyl (C=O) groups excluding carboxylic acids is 2. The number of amides is 1. The molecule has 2 aromatic carbocycles. The third kappa shape index (κ3) is 3.95. The number of rotatable bonds is 7. The SMILES string of the molecule is CC(=O)C[C@]1(O)C(=O)N(CCCOc2ccc(Cl)cc2Cl)c2ccccc21. The molecule has 0 fully saturated rings. The molecule has 2 aromatic rings. The number of ketones is 1. The van der Waals surface area contributed by atoms with E-state index in [1.165, 1.54) is 11.8 Å². The van der Waals surface area contributed by atoms with Gasteiger partial charge < -0.3 is 14.7 Å². The Morgan fingerprint density at radius 2 is 1.96 bits per heavy atom. The molecule has 3 rings (SSSR count). The highest BCUT2D eigenvalue weighted by molar-refractivity contribution is 6.35. The van der Waals surface area contributed by atoms with Crippen molar-refractivity contribution in [2.45, 2.75) is 25.4 Å². The second-order valence-electron chi connectivity index (χ2n) is 6.49. The van der Waals surface area contributed by atoms with Gasteiger partial charge >= 0.3 is 0 Å². The molecule has 0 aromatic heterocycles. The van der Waals surface area contributed by atoms with Crippen molar-refractivity contribution < 1.29 is 19.4 Å². The lowest BCUT2D eigenvalue weighted by Crippen LogP contribution is -2.42. The van der Waals surface area contributed by atoms with Crippen LogP contribution >= 0.6 is 23.2 Å². The Hall–Kier alpha value is -2.08. The summed E-state index contributed by atoms with van der Waals surface area (Å²) >= 11 is 11.9. The van der Waals surface area contributed by atoms with E-state index in [9.17, 15) is 14.7 Å². The number of nitrogens with zero attached hydrogens (tertiary/aromatic N) is 1. The van der Waals surface area contributed by atoms with Gasteiger partial charge in [0.05, 0.1) is 17.3 Å². The number of hydrogen-bond acceptors (Lipinski definition) is 4. The van der Waals surface area contributed by atoms with E-state index >= 15 is 0 Å². The van der Waals surface area contributed by atoms with Crippen molar-refractivity contribution in [3.05, 3.63) is 58.1 Å². The fourth-order valence-electron chi connectivity index (χ4n) is 3.26. The smallest absolute Gasteiger partial charge is 0.264 e. The van der Waals surface area contributed by atoms with Crippen molar-refractivity contribution in [1.82, 2.24) is 0 Å². The van der Waals surface area contributed by atoms with Crippen LogP contribution in [0, 0.1) is 0 Å². The summed E-state index contributed by atoms with van der Waals surface area (Å²) in [6, 6.07) is 12.0. The number of aliphatic hydroxyl groups is 1. The largest absolute Gasteiger partial charge is 0.492 e. The van der Waals surface area contributed by atoms with Crippen molar-refractivity contribution in [1.29, 1.82) is 0 Å². The number of ether oxygens (including phenoxy) is 1. The Kier molecular flexibility index (Phi) is 5.75. The molecule has 1 heterocycles. The van der Waals surface area contributed by atoms with E-state index in [-0.39, 0.29) is 12.2 Å². The van der Waals surface area contributed by atoms with Crippen molar-refractivity contribution in [2.75, 3.05) is 18.1 Å². The maximum atomic E-state index is 12.8. The quantitative estimate of drug-likeness (QED) is 0.704. The van der Waals surface area contributed by atoms with Crippen molar-refractivity contribution in [3.8, 4) is 5.75 Å². The molecule has 27 heavy (non-hydrogen) atoms. The van der Waals surface area contributed by atoms with E-state index < -0.39 is 11.5 Å². The van der Waals surface area contributed by atoms with Gasteiger partial charge in [-0.15, -0.1) is 0 Å². The molecule has 1 amide bonds. The van der Waals surface area contributed by atoms with Gasteiger partial charge in [-0.05, 0) is 37.6 Å². The van der Waals surface area contributed by atoms with Gasteiger partial charge in [0.1, 0.15) is 11.5 Å². The van der Waals surface area contributed by atoms with E-state index in [4.69, 9.17) is 27.9 Å². The van der Waals surface area contributed by atoms with Crippen LogP contribution in [0.5, 0.6) is 5.75 Å². The minimum Gasteiger partial charge on any atom is -0.492 e. The van der Waals surface area contributed by atoms with Crippen molar-refractivity contribution in [2.24, 2.45) is 0 Å². The molecular weight excluding hydrogens is 389 g/mol. The lowest BCUT2D eigenvalue weighted by Gasteiger charge is -2.22. The Balaban J connectivity index is 1.68. The lowest BCUT2D eigenvalue weighted by atomic mass is 9.90. The Morgan fingerprint density at radius 3 is 2.67 bits per heavy atom. The molecule has 1 N–H and O–H groups in total. The summed E-state index contributed by atoms with van der Waals surface area (Å²) < 4.78 is 5.65. The van der Waals surface area contributed by atoms with Crippen LogP contribution in [-0.4, -0.2) is 29.9 Å². The second kappa shape index (κ2) is 7.89. The fraction of sp³-hybridized carbons (Fsp3) is 0.300. The standard InChI is InChI=1S/C20H19Cl2NO4/c1-13(24)12-20(26)15-5-2-3-6-17(15)23(19(20)25)9-4-10-27-18-8-7-14(21)11-16(18)22/h2-3,5-8,11,26H,4,9-10,12H2,1H3/t20-/m1/s1. The summed E-state index contributed by atoms with van der Waals surface area (Å²) in [4.78, 5) is 25.9. The lowest BCUT2D eigenvalue weighted by molar-refractivity contribution is -0.141. The molecule has 0 saturated heterocycles. The number of carbonyl (C=O) groups is 2. The molecule has 1 aliphatic heterocycles. The monoisotopic (exact) mass is 407 g/mol. The van der Waals surface area contributed by atoms with Crippen LogP contribution in [0.4, 0.5) is 5.69 Å². The number of para-hydroxylation sites is 1. The van der Waals surface area contributed by atoms with Crippen LogP contribution in [0.2, 0.25) is 10.0 Å². The fourth-order valence-corrected chi connectivity index (χ4v) is 3.72. The van der Waals surface area contributed by atoms with Crippen molar-refractivity contribution >= 4 is 40.6 Å².